The van der Waals surface area contributed by atoms with Crippen LogP contribution in [0.4, 0.5) is 0 Å². The quantitative estimate of drug-likeness (QED) is 0.581. The van der Waals surface area contributed by atoms with Gasteiger partial charge in [0.1, 0.15) is 18.1 Å². The summed E-state index contributed by atoms with van der Waals surface area (Å²) in [5.41, 5.74) is 3.36. The molecule has 2 aromatic carbocycles. The fraction of sp³-hybridized carbons (Fsp3) is 0.158. The molecular weight excluding hydrogens is 340 g/mol. The molecule has 0 aliphatic carbocycles. The van der Waals surface area contributed by atoms with Crippen molar-refractivity contribution in [2.45, 2.75) is 20.1 Å². The topological polar surface area (TPSA) is 22.4 Å². The third-order valence-corrected chi connectivity index (χ3v) is 4.02. The van der Waals surface area contributed by atoms with Crippen molar-refractivity contribution in [3.8, 4) is 11.3 Å². The Bertz CT molecular complexity index is 730. The molecule has 1 heterocycles. The molecule has 0 radical (unpaired) electrons. The summed E-state index contributed by atoms with van der Waals surface area (Å²) < 4.78 is 12.8. The van der Waals surface area contributed by atoms with Crippen molar-refractivity contribution >= 4 is 15.9 Å². The Kier molecular flexibility index (Phi) is 4.76. The van der Waals surface area contributed by atoms with Crippen molar-refractivity contribution < 1.29 is 9.15 Å². The molecule has 0 amide bonds. The summed E-state index contributed by atoms with van der Waals surface area (Å²) in [6.07, 6.45) is 0. The molecule has 22 heavy (non-hydrogen) atoms. The van der Waals surface area contributed by atoms with Gasteiger partial charge >= 0.3 is 0 Å². The maximum absolute atomic E-state index is 5.93. The van der Waals surface area contributed by atoms with E-state index in [0.29, 0.717) is 13.2 Å². The highest BCUT2D eigenvalue weighted by Gasteiger charge is 2.09. The third-order valence-electron chi connectivity index (χ3n) is 3.49. The van der Waals surface area contributed by atoms with Crippen molar-refractivity contribution in [2.24, 2.45) is 0 Å². The Morgan fingerprint density at radius 2 is 1.68 bits per heavy atom. The molecule has 0 saturated carbocycles. The van der Waals surface area contributed by atoms with E-state index in [1.807, 2.05) is 49.4 Å². The molecule has 0 N–H and O–H groups in total. The molecule has 0 bridgehead atoms. The Morgan fingerprint density at radius 1 is 0.955 bits per heavy atom. The molecule has 0 fully saturated rings. The second-order valence-electron chi connectivity index (χ2n) is 5.20. The highest BCUT2D eigenvalue weighted by molar-refractivity contribution is 9.10. The van der Waals surface area contributed by atoms with Crippen molar-refractivity contribution in [3.63, 3.8) is 0 Å². The van der Waals surface area contributed by atoms with Crippen molar-refractivity contribution in [3.05, 3.63) is 82.0 Å². The van der Waals surface area contributed by atoms with Crippen LogP contribution in [0.3, 0.4) is 0 Å². The van der Waals surface area contributed by atoms with Crippen LogP contribution in [-0.4, -0.2) is 0 Å². The Morgan fingerprint density at radius 3 is 2.41 bits per heavy atom. The van der Waals surface area contributed by atoms with Gasteiger partial charge in [0.05, 0.1) is 6.61 Å². The van der Waals surface area contributed by atoms with Gasteiger partial charge in [0.25, 0.3) is 0 Å². The predicted molar refractivity (Wildman–Crippen MR) is 91.5 cm³/mol. The summed E-state index contributed by atoms with van der Waals surface area (Å²) in [6.45, 7) is 3.11. The number of ether oxygens (including phenoxy) is 1. The zero-order valence-electron chi connectivity index (χ0n) is 12.4. The smallest absolute Gasteiger partial charge is 0.134 e. The first-order chi connectivity index (χ1) is 10.7. The zero-order chi connectivity index (χ0) is 15.4. The van der Waals surface area contributed by atoms with E-state index >= 15 is 0 Å². The molecule has 1 aromatic heterocycles. The van der Waals surface area contributed by atoms with E-state index in [4.69, 9.17) is 9.15 Å². The Hall–Kier alpha value is -1.84. The highest BCUT2D eigenvalue weighted by Crippen LogP contribution is 2.25. The van der Waals surface area contributed by atoms with E-state index in [1.165, 1.54) is 0 Å². The molecule has 3 heteroatoms. The zero-order valence-corrected chi connectivity index (χ0v) is 14.0. The van der Waals surface area contributed by atoms with E-state index in [1.54, 1.807) is 0 Å². The van der Waals surface area contributed by atoms with Gasteiger partial charge in [-0.3, -0.25) is 0 Å². The number of rotatable bonds is 5. The molecule has 0 atom stereocenters. The summed E-state index contributed by atoms with van der Waals surface area (Å²) in [5, 5.41) is 0. The summed E-state index contributed by atoms with van der Waals surface area (Å²) in [5.74, 6) is 1.77. The van der Waals surface area contributed by atoms with Crippen LogP contribution in [0.25, 0.3) is 11.3 Å². The molecule has 0 unspecified atom stereocenters. The molecule has 2 nitrogen and oxygen atoms in total. The molecule has 112 valence electrons. The summed E-state index contributed by atoms with van der Waals surface area (Å²) in [6, 6.07) is 20.3. The van der Waals surface area contributed by atoms with Gasteiger partial charge in [-0.25, -0.2) is 0 Å². The average molecular weight is 357 g/mol. The van der Waals surface area contributed by atoms with Crippen LogP contribution < -0.4 is 0 Å². The van der Waals surface area contributed by atoms with E-state index in [-0.39, 0.29) is 0 Å². The number of furan rings is 1. The fourth-order valence-electron chi connectivity index (χ4n) is 2.25. The Labute approximate surface area is 138 Å². The number of hydrogen-bond donors (Lipinski definition) is 0. The van der Waals surface area contributed by atoms with Gasteiger partial charge in [0.2, 0.25) is 0 Å². The lowest BCUT2D eigenvalue weighted by atomic mass is 10.1. The lowest BCUT2D eigenvalue weighted by Crippen LogP contribution is -1.94. The molecule has 0 aliphatic heterocycles. The van der Waals surface area contributed by atoms with Gasteiger partial charge in [-0.15, -0.1) is 0 Å². The average Bonchev–Trinajstić information content (AvgIpc) is 2.91. The van der Waals surface area contributed by atoms with Gasteiger partial charge < -0.3 is 9.15 Å². The van der Waals surface area contributed by atoms with E-state index < -0.39 is 0 Å². The van der Waals surface area contributed by atoms with Gasteiger partial charge in [-0.05, 0) is 36.2 Å². The maximum Gasteiger partial charge on any atom is 0.134 e. The molecule has 0 saturated heterocycles. The molecule has 3 aromatic rings. The van der Waals surface area contributed by atoms with Crippen LogP contribution in [0, 0.1) is 6.92 Å². The van der Waals surface area contributed by atoms with Gasteiger partial charge in [0, 0.05) is 10.0 Å². The number of aryl methyl sites for hydroxylation is 1. The minimum absolute atomic E-state index is 0.481. The van der Waals surface area contributed by atoms with Crippen LogP contribution in [0.15, 0.2) is 69.6 Å². The normalized spacial score (nSPS) is 10.8. The molecule has 3 rings (SSSR count). The van der Waals surface area contributed by atoms with Crippen LogP contribution in [0.2, 0.25) is 0 Å². The van der Waals surface area contributed by atoms with Gasteiger partial charge in [-0.2, -0.15) is 0 Å². The van der Waals surface area contributed by atoms with Crippen molar-refractivity contribution in [2.75, 3.05) is 0 Å². The van der Waals surface area contributed by atoms with Crippen LogP contribution in [0.5, 0.6) is 0 Å². The maximum atomic E-state index is 5.93. The lowest BCUT2D eigenvalue weighted by molar-refractivity contribution is 0.0929. The summed E-state index contributed by atoms with van der Waals surface area (Å²) >= 11 is 3.43. The number of hydrogen-bond acceptors (Lipinski definition) is 2. The van der Waals surface area contributed by atoms with Crippen LogP contribution in [-0.2, 0) is 18.0 Å². The first kappa shape index (κ1) is 15.1. The van der Waals surface area contributed by atoms with Gasteiger partial charge in [-0.1, -0.05) is 58.4 Å². The fourth-order valence-corrected chi connectivity index (χ4v) is 2.51. The molecular formula is C19H17BrO2. The SMILES string of the molecule is Cc1cc(-c2ccccc2)oc1COCc1ccc(Br)cc1. The van der Waals surface area contributed by atoms with E-state index in [9.17, 15) is 0 Å². The monoisotopic (exact) mass is 356 g/mol. The number of benzene rings is 2. The van der Waals surface area contributed by atoms with Crippen LogP contribution in [0.1, 0.15) is 16.9 Å². The van der Waals surface area contributed by atoms with Crippen molar-refractivity contribution in [1.29, 1.82) is 0 Å². The second kappa shape index (κ2) is 6.95. The summed E-state index contributed by atoms with van der Waals surface area (Å²) in [4.78, 5) is 0. The van der Waals surface area contributed by atoms with E-state index in [2.05, 4.69) is 34.1 Å². The van der Waals surface area contributed by atoms with Crippen LogP contribution >= 0.6 is 15.9 Å². The third kappa shape index (κ3) is 3.67. The van der Waals surface area contributed by atoms with E-state index in [0.717, 1.165) is 32.7 Å². The predicted octanol–water partition coefficient (Wildman–Crippen LogP) is 5.73. The second-order valence-corrected chi connectivity index (χ2v) is 6.12. The first-order valence-electron chi connectivity index (χ1n) is 7.19. The minimum Gasteiger partial charge on any atom is -0.458 e. The standard InChI is InChI=1S/C19H17BrO2/c1-14-11-18(16-5-3-2-4-6-16)22-19(14)13-21-12-15-7-9-17(20)10-8-15/h2-11H,12-13H2,1H3. The first-order valence-corrected chi connectivity index (χ1v) is 7.98. The largest absolute Gasteiger partial charge is 0.458 e. The lowest BCUT2D eigenvalue weighted by Gasteiger charge is -2.04. The molecule has 0 aliphatic rings. The van der Waals surface area contributed by atoms with Gasteiger partial charge in [0.15, 0.2) is 0 Å². The Balaban J connectivity index is 1.63. The minimum atomic E-state index is 0.481. The van der Waals surface area contributed by atoms with Crippen molar-refractivity contribution in [1.82, 2.24) is 0 Å². The highest BCUT2D eigenvalue weighted by atomic mass is 79.9. The summed E-state index contributed by atoms with van der Waals surface area (Å²) in [7, 11) is 0. The molecule has 0 spiro atoms. The number of halogens is 1.